The molecule has 40 valence electrons. The molecule has 0 heterocycles. The van der Waals surface area contributed by atoms with Gasteiger partial charge in [0.2, 0.25) is 0 Å². The van der Waals surface area contributed by atoms with Gasteiger partial charge in [0.1, 0.15) is 0 Å². The molecule has 8 heavy (non-hydrogen) atoms. The second-order valence-corrected chi connectivity index (χ2v) is 0.864. The topological polar surface area (TPSA) is 41.7 Å². The molecule has 0 spiro atoms. The SMILES string of the molecule is [C-]#[N+]C(=C)C(=O)O.[U]. The average molecular weight is 335 g/mol. The van der Waals surface area contributed by atoms with Gasteiger partial charge in [-0.05, 0) is 0 Å². The van der Waals surface area contributed by atoms with Crippen LogP contribution in [0, 0.1) is 37.7 Å². The molecule has 0 fully saturated rings. The van der Waals surface area contributed by atoms with Crippen LogP contribution in [0.3, 0.4) is 0 Å². The number of carboxylic acid groups (broad SMARTS) is 1. The van der Waals surface area contributed by atoms with Gasteiger partial charge in [0, 0.05) is 31.1 Å². The van der Waals surface area contributed by atoms with Gasteiger partial charge in [-0.3, -0.25) is 4.79 Å². The Bertz CT molecular complexity index is 147. The molecule has 0 saturated carbocycles. The number of rotatable bonds is 1. The summed E-state index contributed by atoms with van der Waals surface area (Å²) in [6.07, 6.45) is 0. The smallest absolute Gasteiger partial charge is 0.333 e. The zero-order valence-electron chi connectivity index (χ0n) is 4.01. The summed E-state index contributed by atoms with van der Waals surface area (Å²) in [7, 11) is 0. The third-order valence-corrected chi connectivity index (χ3v) is 0.382. The van der Waals surface area contributed by atoms with Crippen LogP contribution >= 0.6 is 0 Å². The van der Waals surface area contributed by atoms with Crippen molar-refractivity contribution in [3.05, 3.63) is 23.7 Å². The monoisotopic (exact) mass is 335 g/mol. The molecule has 4 heteroatoms. The summed E-state index contributed by atoms with van der Waals surface area (Å²) in [5, 5.41) is 7.87. The maximum atomic E-state index is 9.62. The Labute approximate surface area is 70.6 Å². The molecule has 0 aromatic rings. The zero-order chi connectivity index (χ0) is 5.86. The molecule has 0 bridgehead atoms. The third kappa shape index (κ3) is 3.93. The maximum absolute atomic E-state index is 9.62. The van der Waals surface area contributed by atoms with Crippen LogP contribution in [0.4, 0.5) is 0 Å². The van der Waals surface area contributed by atoms with E-state index in [0.717, 1.165) is 0 Å². The Balaban J connectivity index is 0. The molecule has 0 aromatic heterocycles. The first-order valence-electron chi connectivity index (χ1n) is 1.48. The normalized spacial score (nSPS) is 5.88. The van der Waals surface area contributed by atoms with E-state index in [1.54, 1.807) is 0 Å². The van der Waals surface area contributed by atoms with Crippen LogP contribution in [0.2, 0.25) is 0 Å². The van der Waals surface area contributed by atoms with Crippen molar-refractivity contribution in [3.63, 3.8) is 0 Å². The fourth-order valence-corrected chi connectivity index (χ4v) is 0.0478. The summed E-state index contributed by atoms with van der Waals surface area (Å²) in [6, 6.07) is 0. The van der Waals surface area contributed by atoms with E-state index in [9.17, 15) is 4.79 Å². The van der Waals surface area contributed by atoms with Crippen molar-refractivity contribution in [2.24, 2.45) is 0 Å². The largest absolute Gasteiger partial charge is 0.486 e. The van der Waals surface area contributed by atoms with Crippen molar-refractivity contribution in [1.29, 1.82) is 0 Å². The van der Waals surface area contributed by atoms with Crippen LogP contribution in [0.15, 0.2) is 12.3 Å². The van der Waals surface area contributed by atoms with Crippen molar-refractivity contribution in [2.45, 2.75) is 0 Å². The van der Waals surface area contributed by atoms with Crippen LogP contribution < -0.4 is 0 Å². The molecule has 0 rings (SSSR count). The Morgan fingerprint density at radius 2 is 2.12 bits per heavy atom. The molecule has 3 nitrogen and oxygen atoms in total. The second-order valence-electron chi connectivity index (χ2n) is 0.864. The molecule has 0 aliphatic rings. The summed E-state index contributed by atoms with van der Waals surface area (Å²) in [6.45, 7) is 9.00. The molecule has 0 aliphatic carbocycles. The molecule has 0 aromatic carbocycles. The molecule has 0 atom stereocenters. The Morgan fingerprint density at radius 3 is 2.12 bits per heavy atom. The number of hydrogen-bond acceptors (Lipinski definition) is 1. The molecule has 0 radical (unpaired) electrons. The predicted octanol–water partition coefficient (Wildman–Crippen LogP) is 0.504. The third-order valence-electron chi connectivity index (χ3n) is 0.382. The molecular formula is C4H3NO2U. The van der Waals surface area contributed by atoms with Gasteiger partial charge in [-0.2, -0.15) is 0 Å². The van der Waals surface area contributed by atoms with Gasteiger partial charge in [0.25, 0.3) is 5.70 Å². The van der Waals surface area contributed by atoms with E-state index in [1.807, 2.05) is 0 Å². The van der Waals surface area contributed by atoms with Gasteiger partial charge in [-0.25, -0.2) is 4.85 Å². The van der Waals surface area contributed by atoms with Crippen LogP contribution in [0.25, 0.3) is 4.85 Å². The Morgan fingerprint density at radius 1 is 1.75 bits per heavy atom. The van der Waals surface area contributed by atoms with Gasteiger partial charge >= 0.3 is 5.97 Å². The van der Waals surface area contributed by atoms with Crippen LogP contribution in [-0.4, -0.2) is 11.1 Å². The number of aliphatic carboxylic acids is 1. The summed E-state index contributed by atoms with van der Waals surface area (Å²) in [5.74, 6) is -1.25. The first-order chi connectivity index (χ1) is 3.18. The minimum Gasteiger partial charge on any atom is -0.486 e. The number of nitrogens with zero attached hydrogens (tertiary/aromatic N) is 1. The first-order valence-corrected chi connectivity index (χ1v) is 1.48. The number of carbonyl (C=O) groups is 1. The van der Waals surface area contributed by atoms with Gasteiger partial charge in [-0.15, -0.1) is 0 Å². The number of hydrogen-bond donors (Lipinski definition) is 1. The summed E-state index contributed by atoms with van der Waals surface area (Å²) in [5.41, 5.74) is -0.444. The minimum absolute atomic E-state index is 0. The maximum Gasteiger partial charge on any atom is 0.333 e. The fraction of sp³-hybridized carbons (Fsp3) is 0. The average Bonchev–Trinajstić information content (AvgIpc) is 1.65. The second kappa shape index (κ2) is 4.90. The standard InChI is InChI=1S/C4H3NO2.U/c1-3(5-2)4(6)7;/h1H2,(H,6,7);. The minimum atomic E-state index is -1.25. The van der Waals surface area contributed by atoms with E-state index in [2.05, 4.69) is 11.4 Å². The van der Waals surface area contributed by atoms with Crippen LogP contribution in [-0.2, 0) is 4.79 Å². The molecule has 1 N–H and O–H groups in total. The van der Waals surface area contributed by atoms with Gasteiger partial charge < -0.3 is 5.11 Å². The molecule has 0 saturated heterocycles. The quantitative estimate of drug-likeness (QED) is 0.560. The summed E-state index contributed by atoms with van der Waals surface area (Å²) < 4.78 is 0. The first kappa shape index (κ1) is 10.7. The van der Waals surface area contributed by atoms with Crippen molar-refractivity contribution in [1.82, 2.24) is 0 Å². The van der Waals surface area contributed by atoms with Crippen molar-refractivity contribution in [3.8, 4) is 0 Å². The van der Waals surface area contributed by atoms with Gasteiger partial charge in [-0.1, -0.05) is 6.58 Å². The van der Waals surface area contributed by atoms with Crippen LogP contribution in [0.5, 0.6) is 0 Å². The van der Waals surface area contributed by atoms with E-state index in [1.165, 1.54) is 0 Å². The summed E-state index contributed by atoms with van der Waals surface area (Å²) in [4.78, 5) is 12.2. The summed E-state index contributed by atoms with van der Waals surface area (Å²) >= 11 is 0. The Kier molecular flexibility index (Phi) is 6.54. The molecule has 0 amide bonds. The van der Waals surface area contributed by atoms with Crippen molar-refractivity contribution < 1.29 is 41.0 Å². The van der Waals surface area contributed by atoms with E-state index in [-0.39, 0.29) is 31.1 Å². The van der Waals surface area contributed by atoms with E-state index in [4.69, 9.17) is 11.7 Å². The van der Waals surface area contributed by atoms with Crippen molar-refractivity contribution >= 4 is 5.97 Å². The van der Waals surface area contributed by atoms with Crippen LogP contribution in [0.1, 0.15) is 0 Å². The zero-order valence-corrected chi connectivity index (χ0v) is 8.17. The van der Waals surface area contributed by atoms with E-state index < -0.39 is 11.7 Å². The van der Waals surface area contributed by atoms with E-state index in [0.29, 0.717) is 0 Å². The van der Waals surface area contributed by atoms with Crippen molar-refractivity contribution in [2.75, 3.05) is 0 Å². The number of carboxylic acids is 1. The molecule has 0 aliphatic heterocycles. The van der Waals surface area contributed by atoms with Gasteiger partial charge in [0.05, 0.1) is 6.57 Å². The Hall–Kier alpha value is -0.248. The molecule has 0 unspecified atom stereocenters. The predicted molar refractivity (Wildman–Crippen MR) is 23.4 cm³/mol. The molecular weight excluding hydrogens is 332 g/mol. The van der Waals surface area contributed by atoms with E-state index >= 15 is 0 Å². The fourth-order valence-electron chi connectivity index (χ4n) is 0.0478. The van der Waals surface area contributed by atoms with Gasteiger partial charge in [0.15, 0.2) is 0 Å².